The lowest BCUT2D eigenvalue weighted by Crippen LogP contribution is -2.49. The van der Waals surface area contributed by atoms with Crippen LogP contribution in [0.25, 0.3) is 9.88 Å². The summed E-state index contributed by atoms with van der Waals surface area (Å²) in [7, 11) is -1.58. The largest absolute Gasteiger partial charge is 0.453 e. The molecule has 2 aromatic heterocycles. The summed E-state index contributed by atoms with van der Waals surface area (Å²) < 4.78 is 34.9. The Kier molecular flexibility index (Phi) is 9.88. The van der Waals surface area contributed by atoms with E-state index in [1.807, 2.05) is 53.2 Å². The third-order valence-corrected chi connectivity index (χ3v) is 8.68. The van der Waals surface area contributed by atoms with Crippen LogP contribution in [0.5, 0.6) is 0 Å². The molecule has 0 radical (unpaired) electrons. The Bertz CT molecular complexity index is 1510. The number of hydrogen-bond acceptors (Lipinski definition) is 9. The molecule has 0 fully saturated rings. The molecule has 0 saturated carbocycles. The van der Waals surface area contributed by atoms with Crippen LogP contribution in [0.2, 0.25) is 0 Å². The summed E-state index contributed by atoms with van der Waals surface area (Å²) in [6, 6.07) is 18.6. The molecule has 2 atom stereocenters. The minimum atomic E-state index is -3.89. The molecule has 10 nitrogen and oxygen atoms in total. The highest BCUT2D eigenvalue weighted by molar-refractivity contribution is 7.88. The van der Waals surface area contributed by atoms with E-state index in [2.05, 4.69) is 19.5 Å². The van der Waals surface area contributed by atoms with Crippen molar-refractivity contribution in [3.8, 4) is 9.88 Å². The molecule has 0 aliphatic heterocycles. The molecule has 0 unspecified atom stereocenters. The maximum Gasteiger partial charge on any atom is 0.407 e. The van der Waals surface area contributed by atoms with Crippen LogP contribution < -0.4 is 15.4 Å². The fraction of sp³-hybridized carbons (Fsp3) is 0.222. The average Bonchev–Trinajstić information content (AvgIpc) is 3.66. The third kappa shape index (κ3) is 8.11. The SMILES string of the molecule is COC(=O)N[C@@H](Cc1ccccc1)C(=O)N[C@@H](Cc1ccc(NS(=O)(=O)OC)cc1)c1csc(-c2cccs2)n1. The number of nitrogens with one attached hydrogen (secondary N) is 3. The van der Waals surface area contributed by atoms with Gasteiger partial charge in [-0.15, -0.1) is 22.7 Å². The number of thiazole rings is 1. The average molecular weight is 601 g/mol. The summed E-state index contributed by atoms with van der Waals surface area (Å²) in [5.74, 6) is -0.394. The van der Waals surface area contributed by atoms with Crippen LogP contribution in [0.3, 0.4) is 0 Å². The second-order valence-electron chi connectivity index (χ2n) is 8.62. The molecule has 13 heteroatoms. The number of alkyl carbamates (subject to hydrolysis) is 1. The number of carbonyl (C=O) groups is 2. The predicted octanol–water partition coefficient (Wildman–Crippen LogP) is 4.54. The molecule has 0 saturated heterocycles. The third-order valence-electron chi connectivity index (χ3n) is 5.86. The fourth-order valence-corrected chi connectivity index (χ4v) is 6.05. The van der Waals surface area contributed by atoms with E-state index in [1.165, 1.54) is 18.4 Å². The molecule has 0 bridgehead atoms. The van der Waals surface area contributed by atoms with E-state index in [9.17, 15) is 18.0 Å². The fourth-order valence-electron chi connectivity index (χ4n) is 3.85. The maximum atomic E-state index is 13.6. The number of thiophene rings is 1. The van der Waals surface area contributed by atoms with Crippen molar-refractivity contribution in [3.63, 3.8) is 0 Å². The monoisotopic (exact) mass is 600 g/mol. The van der Waals surface area contributed by atoms with Crippen molar-refractivity contribution in [2.75, 3.05) is 18.9 Å². The number of hydrogen-bond donors (Lipinski definition) is 3. The first-order valence-corrected chi connectivity index (χ1v) is 15.3. The Balaban J connectivity index is 1.58. The second kappa shape index (κ2) is 13.5. The maximum absolute atomic E-state index is 13.6. The molecule has 4 rings (SSSR count). The van der Waals surface area contributed by atoms with Crippen LogP contribution >= 0.6 is 22.7 Å². The summed E-state index contributed by atoms with van der Waals surface area (Å²) in [4.78, 5) is 31.4. The minimum Gasteiger partial charge on any atom is -0.453 e. The smallest absolute Gasteiger partial charge is 0.407 e. The van der Waals surface area contributed by atoms with Gasteiger partial charge in [0.2, 0.25) is 5.91 Å². The van der Waals surface area contributed by atoms with Crippen molar-refractivity contribution >= 4 is 50.7 Å². The molecule has 2 aromatic carbocycles. The topological polar surface area (TPSA) is 136 Å². The number of anilines is 1. The summed E-state index contributed by atoms with van der Waals surface area (Å²) in [5, 5.41) is 10.4. The summed E-state index contributed by atoms with van der Waals surface area (Å²) >= 11 is 3.05. The summed E-state index contributed by atoms with van der Waals surface area (Å²) in [6.45, 7) is 0. The van der Waals surface area contributed by atoms with Crippen LogP contribution in [0, 0.1) is 0 Å². The van der Waals surface area contributed by atoms with Crippen molar-refractivity contribution in [1.29, 1.82) is 0 Å². The van der Waals surface area contributed by atoms with Gasteiger partial charge in [0.15, 0.2) is 0 Å². The number of nitrogens with zero attached hydrogens (tertiary/aromatic N) is 1. The van der Waals surface area contributed by atoms with E-state index in [0.29, 0.717) is 17.8 Å². The lowest BCUT2D eigenvalue weighted by Gasteiger charge is -2.23. The van der Waals surface area contributed by atoms with Gasteiger partial charge in [-0.3, -0.25) is 13.7 Å². The Labute approximate surface area is 240 Å². The van der Waals surface area contributed by atoms with Crippen molar-refractivity contribution in [2.24, 2.45) is 0 Å². The van der Waals surface area contributed by atoms with Crippen molar-refractivity contribution in [1.82, 2.24) is 15.6 Å². The van der Waals surface area contributed by atoms with Crippen LogP contribution in [-0.2, 0) is 36.9 Å². The highest BCUT2D eigenvalue weighted by Crippen LogP contribution is 2.31. The van der Waals surface area contributed by atoms with Crippen molar-refractivity contribution in [2.45, 2.75) is 24.9 Å². The number of carbonyl (C=O) groups excluding carboxylic acids is 2. The van der Waals surface area contributed by atoms with E-state index in [1.54, 1.807) is 35.6 Å². The molecule has 0 aliphatic rings. The Morgan fingerprint density at radius 3 is 2.27 bits per heavy atom. The van der Waals surface area contributed by atoms with Gasteiger partial charge in [0.1, 0.15) is 11.0 Å². The lowest BCUT2D eigenvalue weighted by molar-refractivity contribution is -0.123. The van der Waals surface area contributed by atoms with Gasteiger partial charge in [0.25, 0.3) is 0 Å². The quantitative estimate of drug-likeness (QED) is 0.217. The minimum absolute atomic E-state index is 0.264. The molecule has 2 heterocycles. The van der Waals surface area contributed by atoms with Gasteiger partial charge >= 0.3 is 16.4 Å². The van der Waals surface area contributed by atoms with Crippen LogP contribution in [-0.4, -0.2) is 45.7 Å². The van der Waals surface area contributed by atoms with Crippen molar-refractivity contribution < 1.29 is 26.9 Å². The number of aromatic nitrogens is 1. The van der Waals surface area contributed by atoms with Gasteiger partial charge in [-0.2, -0.15) is 8.42 Å². The Hall–Kier alpha value is -3.78. The zero-order valence-corrected chi connectivity index (χ0v) is 24.1. The van der Waals surface area contributed by atoms with Gasteiger partial charge in [0, 0.05) is 11.8 Å². The highest BCUT2D eigenvalue weighted by atomic mass is 32.2. The predicted molar refractivity (Wildman–Crippen MR) is 155 cm³/mol. The highest BCUT2D eigenvalue weighted by Gasteiger charge is 2.26. The van der Waals surface area contributed by atoms with Gasteiger partial charge in [-0.1, -0.05) is 48.5 Å². The number of methoxy groups -OCH3 is 1. The van der Waals surface area contributed by atoms with E-state index in [4.69, 9.17) is 9.72 Å². The molecule has 4 aromatic rings. The van der Waals surface area contributed by atoms with Crippen molar-refractivity contribution in [3.05, 3.63) is 94.3 Å². The first-order chi connectivity index (χ1) is 19.3. The molecule has 2 amide bonds. The van der Waals surface area contributed by atoms with E-state index < -0.39 is 34.4 Å². The van der Waals surface area contributed by atoms with E-state index >= 15 is 0 Å². The molecule has 3 N–H and O–H groups in total. The zero-order valence-electron chi connectivity index (χ0n) is 21.7. The molecule has 0 spiro atoms. The molecule has 40 heavy (non-hydrogen) atoms. The van der Waals surface area contributed by atoms with Crippen LogP contribution in [0.4, 0.5) is 10.5 Å². The standard InChI is InChI=1S/C27H28N4O6S3/c1-36-27(33)30-22(16-18-7-4-3-5-8-18)25(32)28-21(23-17-39-26(29-23)24-9-6-14-38-24)15-19-10-12-20(13-11-19)31-40(34,35)37-2/h3-14,17,21-22,31H,15-16H2,1-2H3,(H,28,32)(H,30,33)/t21-,22-/m0/s1. The number of ether oxygens (including phenoxy) is 1. The summed E-state index contributed by atoms with van der Waals surface area (Å²) in [5.41, 5.74) is 2.71. The lowest BCUT2D eigenvalue weighted by atomic mass is 10.0. The van der Waals surface area contributed by atoms with Gasteiger partial charge in [0.05, 0.1) is 36.5 Å². The molecular formula is C27H28N4O6S3. The normalized spacial score (nSPS) is 12.8. The molecule has 0 aliphatic carbocycles. The van der Waals surface area contributed by atoms with Crippen LogP contribution in [0.1, 0.15) is 22.9 Å². The van der Waals surface area contributed by atoms with E-state index in [-0.39, 0.29) is 6.42 Å². The first-order valence-electron chi connectivity index (χ1n) is 12.1. The number of benzene rings is 2. The Morgan fingerprint density at radius 2 is 1.62 bits per heavy atom. The van der Waals surface area contributed by atoms with E-state index in [0.717, 1.165) is 28.1 Å². The second-order valence-corrected chi connectivity index (χ2v) is 11.9. The van der Waals surface area contributed by atoms with Gasteiger partial charge in [-0.05, 0) is 41.1 Å². The molecule has 210 valence electrons. The molecular weight excluding hydrogens is 573 g/mol. The van der Waals surface area contributed by atoms with Gasteiger partial charge in [-0.25, -0.2) is 9.78 Å². The van der Waals surface area contributed by atoms with Gasteiger partial charge < -0.3 is 15.4 Å². The summed E-state index contributed by atoms with van der Waals surface area (Å²) in [6.07, 6.45) is -0.0804. The Morgan fingerprint density at radius 1 is 0.900 bits per heavy atom. The number of rotatable bonds is 12. The zero-order chi connectivity index (χ0) is 28.5. The first kappa shape index (κ1) is 29.2. The van der Waals surface area contributed by atoms with Crippen LogP contribution in [0.15, 0.2) is 77.5 Å². The number of amides is 2.